The van der Waals surface area contributed by atoms with Gasteiger partial charge in [0.25, 0.3) is 0 Å². The minimum absolute atomic E-state index is 0.0442. The summed E-state index contributed by atoms with van der Waals surface area (Å²) in [5, 5.41) is 12.2. The molecule has 0 fully saturated rings. The van der Waals surface area contributed by atoms with E-state index in [1.807, 2.05) is 19.1 Å². The molecule has 1 heterocycles. The second kappa shape index (κ2) is 5.50. The van der Waals surface area contributed by atoms with E-state index < -0.39 is 5.97 Å². The van der Waals surface area contributed by atoms with E-state index in [-0.39, 0.29) is 17.3 Å². The number of anilines is 2. The molecule has 0 aliphatic carbocycles. The van der Waals surface area contributed by atoms with Crippen molar-refractivity contribution in [2.75, 3.05) is 11.1 Å². The number of hydrogen-bond donors (Lipinski definition) is 3. The smallest absolute Gasteiger partial charge is 0.337 e. The predicted molar refractivity (Wildman–Crippen MR) is 79.2 cm³/mol. The van der Waals surface area contributed by atoms with Gasteiger partial charge in [0.1, 0.15) is 0 Å². The van der Waals surface area contributed by atoms with Gasteiger partial charge in [0.05, 0.1) is 15.9 Å². The van der Waals surface area contributed by atoms with Crippen molar-refractivity contribution in [1.82, 2.24) is 0 Å². The number of rotatable bonds is 4. The number of benzene rings is 1. The molecule has 1 unspecified atom stereocenters. The molecule has 0 bridgehead atoms. The molecule has 1 aromatic carbocycles. The summed E-state index contributed by atoms with van der Waals surface area (Å²) < 4.78 is 0.729. The van der Waals surface area contributed by atoms with Gasteiger partial charge in [-0.2, -0.15) is 0 Å². The normalized spacial score (nSPS) is 12.1. The van der Waals surface area contributed by atoms with E-state index in [0.29, 0.717) is 5.69 Å². The average molecular weight is 297 g/mol. The van der Waals surface area contributed by atoms with Crippen LogP contribution in [0.4, 0.5) is 11.4 Å². The van der Waals surface area contributed by atoms with Crippen LogP contribution < -0.4 is 11.1 Å². The summed E-state index contributed by atoms with van der Waals surface area (Å²) >= 11 is 7.38. The highest BCUT2D eigenvalue weighted by Gasteiger charge is 2.12. The van der Waals surface area contributed by atoms with Crippen LogP contribution >= 0.6 is 22.9 Å². The first-order valence-electron chi connectivity index (χ1n) is 5.62. The maximum atomic E-state index is 11.0. The van der Waals surface area contributed by atoms with Crippen LogP contribution in [0.25, 0.3) is 0 Å². The van der Waals surface area contributed by atoms with Crippen LogP contribution in [0, 0.1) is 0 Å². The Morgan fingerprint density at radius 2 is 2.16 bits per heavy atom. The quantitative estimate of drug-likeness (QED) is 0.749. The summed E-state index contributed by atoms with van der Waals surface area (Å²) in [6, 6.07) is 8.70. The zero-order chi connectivity index (χ0) is 14.0. The van der Waals surface area contributed by atoms with Gasteiger partial charge >= 0.3 is 5.97 Å². The highest BCUT2D eigenvalue weighted by molar-refractivity contribution is 7.16. The molecule has 0 saturated carbocycles. The van der Waals surface area contributed by atoms with E-state index >= 15 is 0 Å². The number of aromatic carboxylic acids is 1. The van der Waals surface area contributed by atoms with Crippen molar-refractivity contribution >= 4 is 40.3 Å². The first-order chi connectivity index (χ1) is 8.97. The Morgan fingerprint density at radius 1 is 1.42 bits per heavy atom. The fraction of sp³-hybridized carbons (Fsp3) is 0.154. The maximum absolute atomic E-state index is 11.0. The third kappa shape index (κ3) is 3.19. The molecule has 0 amide bonds. The number of halogens is 1. The minimum Gasteiger partial charge on any atom is -0.478 e. The van der Waals surface area contributed by atoms with Gasteiger partial charge in [-0.05, 0) is 37.3 Å². The second-order valence-electron chi connectivity index (χ2n) is 4.12. The molecule has 100 valence electrons. The summed E-state index contributed by atoms with van der Waals surface area (Å²) in [4.78, 5) is 12.1. The van der Waals surface area contributed by atoms with E-state index in [1.165, 1.54) is 17.4 Å². The number of carboxylic acid groups (broad SMARTS) is 1. The zero-order valence-electron chi connectivity index (χ0n) is 10.2. The molecule has 2 aromatic rings. The van der Waals surface area contributed by atoms with E-state index in [9.17, 15) is 4.79 Å². The molecule has 0 aliphatic heterocycles. The molecule has 4 nitrogen and oxygen atoms in total. The molecule has 0 radical (unpaired) electrons. The molecule has 0 spiro atoms. The highest BCUT2D eigenvalue weighted by Crippen LogP contribution is 2.29. The molecule has 0 aliphatic rings. The number of nitrogens with one attached hydrogen (secondary N) is 1. The van der Waals surface area contributed by atoms with Crippen molar-refractivity contribution < 1.29 is 9.90 Å². The van der Waals surface area contributed by atoms with Crippen molar-refractivity contribution in [1.29, 1.82) is 0 Å². The lowest BCUT2D eigenvalue weighted by Crippen LogP contribution is -2.07. The highest BCUT2D eigenvalue weighted by atomic mass is 35.5. The van der Waals surface area contributed by atoms with E-state index in [4.69, 9.17) is 22.4 Å². The number of nitrogen functional groups attached to an aromatic ring is 1. The van der Waals surface area contributed by atoms with E-state index in [2.05, 4.69) is 5.32 Å². The molecule has 1 atom stereocenters. The Morgan fingerprint density at radius 3 is 2.74 bits per heavy atom. The fourth-order valence-corrected chi connectivity index (χ4v) is 2.78. The number of nitrogens with two attached hydrogens (primary N) is 1. The summed E-state index contributed by atoms with van der Waals surface area (Å²) in [5.74, 6) is -1.03. The molecule has 19 heavy (non-hydrogen) atoms. The van der Waals surface area contributed by atoms with Crippen LogP contribution in [-0.2, 0) is 0 Å². The van der Waals surface area contributed by atoms with Crippen LogP contribution in [0.2, 0.25) is 4.34 Å². The summed E-state index contributed by atoms with van der Waals surface area (Å²) in [7, 11) is 0. The Bertz CT molecular complexity index is 612. The van der Waals surface area contributed by atoms with Crippen molar-refractivity contribution in [2.24, 2.45) is 0 Å². The van der Waals surface area contributed by atoms with E-state index in [0.717, 1.165) is 9.21 Å². The second-order valence-corrected chi connectivity index (χ2v) is 5.86. The van der Waals surface area contributed by atoms with Gasteiger partial charge in [-0.3, -0.25) is 0 Å². The Labute approximate surface area is 119 Å². The van der Waals surface area contributed by atoms with Crippen molar-refractivity contribution in [3.05, 3.63) is 45.1 Å². The first kappa shape index (κ1) is 13.7. The van der Waals surface area contributed by atoms with Crippen molar-refractivity contribution in [2.45, 2.75) is 13.0 Å². The van der Waals surface area contributed by atoms with Crippen LogP contribution in [0.15, 0.2) is 30.3 Å². The topological polar surface area (TPSA) is 75.3 Å². The molecule has 2 rings (SSSR count). The summed E-state index contributed by atoms with van der Waals surface area (Å²) in [6.07, 6.45) is 0. The Kier molecular flexibility index (Phi) is 3.97. The molecule has 4 N–H and O–H groups in total. The van der Waals surface area contributed by atoms with E-state index in [1.54, 1.807) is 12.1 Å². The largest absolute Gasteiger partial charge is 0.478 e. The molecule has 1 aromatic heterocycles. The summed E-state index contributed by atoms with van der Waals surface area (Å²) in [5.41, 5.74) is 6.68. The number of thiophene rings is 1. The van der Waals surface area contributed by atoms with Crippen LogP contribution in [-0.4, -0.2) is 11.1 Å². The predicted octanol–water partition coefficient (Wildman–Crippen LogP) is 3.86. The molecule has 6 heteroatoms. The van der Waals surface area contributed by atoms with Gasteiger partial charge in [0, 0.05) is 16.3 Å². The monoisotopic (exact) mass is 296 g/mol. The van der Waals surface area contributed by atoms with Crippen molar-refractivity contribution in [3.8, 4) is 0 Å². The van der Waals surface area contributed by atoms with Gasteiger partial charge in [-0.15, -0.1) is 11.3 Å². The lowest BCUT2D eigenvalue weighted by atomic mass is 10.1. The third-order valence-corrected chi connectivity index (χ3v) is 4.10. The lowest BCUT2D eigenvalue weighted by Gasteiger charge is -2.14. The first-order valence-corrected chi connectivity index (χ1v) is 6.81. The number of carboxylic acids is 1. The maximum Gasteiger partial charge on any atom is 0.337 e. The lowest BCUT2D eigenvalue weighted by molar-refractivity contribution is 0.0698. The molecular weight excluding hydrogens is 284 g/mol. The summed E-state index contributed by atoms with van der Waals surface area (Å²) in [6.45, 7) is 1.99. The number of carbonyl (C=O) groups is 1. The van der Waals surface area contributed by atoms with Crippen LogP contribution in [0.3, 0.4) is 0 Å². The third-order valence-electron chi connectivity index (χ3n) is 2.69. The van der Waals surface area contributed by atoms with Crippen molar-refractivity contribution in [3.63, 3.8) is 0 Å². The fourth-order valence-electron chi connectivity index (χ4n) is 1.71. The van der Waals surface area contributed by atoms with Gasteiger partial charge in [0.15, 0.2) is 0 Å². The zero-order valence-corrected chi connectivity index (χ0v) is 11.8. The van der Waals surface area contributed by atoms with Crippen LogP contribution in [0.1, 0.15) is 28.2 Å². The SMILES string of the molecule is CC(Nc1ccc(N)c(C(=O)O)c1)c1ccc(Cl)s1. The van der Waals surface area contributed by atoms with Gasteiger partial charge in [0.2, 0.25) is 0 Å². The average Bonchev–Trinajstić information content (AvgIpc) is 2.78. The standard InChI is InChI=1S/C13H13ClN2O2S/c1-7(11-4-5-12(14)19-11)16-8-2-3-10(15)9(6-8)13(17)18/h2-7,16H,15H2,1H3,(H,17,18). The Balaban J connectivity index is 2.19. The number of hydrogen-bond acceptors (Lipinski definition) is 4. The Hall–Kier alpha value is -1.72. The minimum atomic E-state index is -1.03. The molecular formula is C13H13ClN2O2S. The molecule has 0 saturated heterocycles. The van der Waals surface area contributed by atoms with Gasteiger partial charge in [-0.1, -0.05) is 11.6 Å². The van der Waals surface area contributed by atoms with Gasteiger partial charge in [-0.25, -0.2) is 4.79 Å². The van der Waals surface area contributed by atoms with Gasteiger partial charge < -0.3 is 16.2 Å². The van der Waals surface area contributed by atoms with Crippen LogP contribution in [0.5, 0.6) is 0 Å².